The van der Waals surface area contributed by atoms with E-state index in [0.717, 1.165) is 106 Å². The fraction of sp³-hybridized carbons (Fsp3) is 0.217. The van der Waals surface area contributed by atoms with Crippen LogP contribution in [0, 0.1) is 41.5 Å². The number of nitrogen functional groups attached to an aromatic ring is 1. The number of hydrogen-bond acceptors (Lipinski definition) is 17. The number of β-amino-alcohol motifs (C(OH)–C–C–N with tert-alkyl or cyclic N) is 1. The molecule has 27 heteroatoms. The van der Waals surface area contributed by atoms with E-state index in [0.29, 0.717) is 71.6 Å². The standard InChI is InChI=1S/C22H24ClN7O2.C19H17ClN6O.C10H11ClN2.C9H7ClN4O/c1-13-15(9-29-11-17(31)12-32-29)10-30(27-13)20-6-7-24-22(26-20)25-16-4-5-19-18(8-16)21(23)14(2)28(19)3;1-11-13(10-27)9-26(24-11)17-6-7-21-19(23-17)22-14-4-5-16-15(8-14)18(20)12(2)25(16)3;1-6-10(11)8-5-7(12)3-4-9(8)13(6)2;1-6-7(5-15)4-14(13-6)8-2-3-11-9(10)12-8/h4-8,10,17,31H,9,11-12H2,1-3H3,(H,24,25,26);4-10H,1-3H3,(H,21,22,23);3-5H,12H2,1-2H3;2-5H,1H3/t17-;;;/m0.../s1. The summed E-state index contributed by atoms with van der Waals surface area (Å²) < 4.78 is 11.0. The van der Waals surface area contributed by atoms with Crippen LogP contribution in [0.25, 0.3) is 50.2 Å². The lowest BCUT2D eigenvalue weighted by atomic mass is 10.2. The van der Waals surface area contributed by atoms with Crippen LogP contribution in [0.1, 0.15) is 60.4 Å². The van der Waals surface area contributed by atoms with Crippen molar-refractivity contribution in [1.82, 2.24) is 78.0 Å². The van der Waals surface area contributed by atoms with Gasteiger partial charge in [-0.25, -0.2) is 29.0 Å². The van der Waals surface area contributed by atoms with Gasteiger partial charge in [0.05, 0.1) is 69.1 Å². The second-order valence-corrected chi connectivity index (χ2v) is 21.9. The first-order chi connectivity index (χ1) is 41.7. The number of anilines is 5. The Kier molecular flexibility index (Phi) is 18.2. The van der Waals surface area contributed by atoms with Crippen LogP contribution < -0.4 is 16.4 Å². The fourth-order valence-corrected chi connectivity index (χ4v) is 10.5. The number of aliphatic hydroxyl groups is 1. The Balaban J connectivity index is 0.000000137. The van der Waals surface area contributed by atoms with Crippen LogP contribution in [-0.4, -0.2) is 115 Å². The lowest BCUT2D eigenvalue weighted by molar-refractivity contribution is -0.118. The van der Waals surface area contributed by atoms with Crippen molar-refractivity contribution >= 4 is 121 Å². The number of aryl methyl sites for hydroxylation is 6. The number of halogens is 4. The van der Waals surface area contributed by atoms with Crippen molar-refractivity contribution in [3.8, 4) is 17.5 Å². The third-order valence-corrected chi connectivity index (χ3v) is 16.3. The maximum atomic E-state index is 11.0. The summed E-state index contributed by atoms with van der Waals surface area (Å²) in [7, 11) is 5.99. The molecule has 0 saturated carbocycles. The molecule has 0 amide bonds. The molecule has 0 aliphatic carbocycles. The molecule has 1 atom stereocenters. The predicted octanol–water partition coefficient (Wildman–Crippen LogP) is 11.4. The molecule has 1 aliphatic heterocycles. The Hall–Kier alpha value is -9.07. The van der Waals surface area contributed by atoms with Crippen LogP contribution in [0.3, 0.4) is 0 Å². The molecule has 13 rings (SSSR count). The topological polar surface area (TPSA) is 263 Å². The monoisotopic (exact) mass is 1250 g/mol. The molecule has 3 aromatic carbocycles. The van der Waals surface area contributed by atoms with Gasteiger partial charge in [0.15, 0.2) is 30.0 Å². The molecule has 446 valence electrons. The Morgan fingerprint density at radius 1 is 0.575 bits per heavy atom. The highest BCUT2D eigenvalue weighted by molar-refractivity contribution is 6.37. The molecule has 5 N–H and O–H groups in total. The first kappa shape index (κ1) is 61.0. The normalized spacial score (nSPS) is 13.1. The molecule has 23 nitrogen and oxygen atoms in total. The average molecular weight is 1250 g/mol. The lowest BCUT2D eigenvalue weighted by Gasteiger charge is -2.12. The summed E-state index contributed by atoms with van der Waals surface area (Å²) in [5.74, 6) is 2.64. The van der Waals surface area contributed by atoms with E-state index >= 15 is 0 Å². The SMILES string of the molecule is Cc1c(Cl)c2cc(N)ccc2n1C.Cc1nn(-c2ccnc(Cl)n2)cc1C=O.Cc1nn(-c2ccnc(Nc3ccc4c(c3)c(Cl)c(C)n4C)n2)cc1C=O.Cc1nn(-c2ccnc(Nc3ccc4c(c3)c(Cl)c(C)n4C)n2)cc1CN1C[C@H](O)CO1. The Morgan fingerprint density at radius 3 is 1.44 bits per heavy atom. The van der Waals surface area contributed by atoms with E-state index in [2.05, 4.69) is 69.5 Å². The molecule has 1 fully saturated rings. The van der Waals surface area contributed by atoms with Gasteiger partial charge < -0.3 is 35.2 Å². The minimum Gasteiger partial charge on any atom is -0.399 e. The predicted molar refractivity (Wildman–Crippen MR) is 339 cm³/mol. The Bertz CT molecular complexity index is 4540. The molecule has 0 bridgehead atoms. The molecule has 10 heterocycles. The number of hydroxylamine groups is 2. The van der Waals surface area contributed by atoms with E-state index in [1.165, 1.54) is 10.9 Å². The van der Waals surface area contributed by atoms with Gasteiger partial charge in [0, 0.05) is 149 Å². The molecule has 0 unspecified atom stereocenters. The van der Waals surface area contributed by atoms with Gasteiger partial charge in [0.25, 0.3) is 0 Å². The van der Waals surface area contributed by atoms with E-state index in [-0.39, 0.29) is 5.28 Å². The van der Waals surface area contributed by atoms with Crippen LogP contribution in [0.15, 0.2) is 110 Å². The van der Waals surface area contributed by atoms with Gasteiger partial charge in [-0.2, -0.15) is 35.3 Å². The molecular weight excluding hydrogens is 1190 g/mol. The Labute approximate surface area is 518 Å². The van der Waals surface area contributed by atoms with E-state index in [1.807, 2.05) is 110 Å². The zero-order chi connectivity index (χ0) is 62.0. The first-order valence-electron chi connectivity index (χ1n) is 27.0. The van der Waals surface area contributed by atoms with Gasteiger partial charge in [-0.15, -0.1) is 0 Å². The second kappa shape index (κ2) is 25.9. The van der Waals surface area contributed by atoms with Gasteiger partial charge in [-0.3, -0.25) is 14.4 Å². The maximum absolute atomic E-state index is 11.0. The van der Waals surface area contributed by atoms with Crippen LogP contribution in [0.2, 0.25) is 20.4 Å². The van der Waals surface area contributed by atoms with Crippen molar-refractivity contribution in [2.24, 2.45) is 21.1 Å². The summed E-state index contributed by atoms with van der Waals surface area (Å²) in [6.45, 7) is 12.8. The fourth-order valence-electron chi connectivity index (χ4n) is 9.55. The zero-order valence-electron chi connectivity index (χ0n) is 48.7. The number of carbonyl (C=O) groups excluding carboxylic acids is 2. The molecule has 0 spiro atoms. The lowest BCUT2D eigenvalue weighted by Crippen LogP contribution is -2.20. The summed E-state index contributed by atoms with van der Waals surface area (Å²) in [6, 6.07) is 22.9. The van der Waals surface area contributed by atoms with Crippen LogP contribution >= 0.6 is 46.4 Å². The smallest absolute Gasteiger partial charge is 0.229 e. The maximum Gasteiger partial charge on any atom is 0.229 e. The van der Waals surface area contributed by atoms with Crippen LogP contribution in [-0.2, 0) is 32.5 Å². The molecule has 87 heavy (non-hydrogen) atoms. The number of benzene rings is 3. The van der Waals surface area contributed by atoms with Gasteiger partial charge in [-0.1, -0.05) is 34.8 Å². The largest absolute Gasteiger partial charge is 0.399 e. The van der Waals surface area contributed by atoms with Crippen molar-refractivity contribution in [1.29, 1.82) is 0 Å². The van der Waals surface area contributed by atoms with Crippen molar-refractivity contribution in [3.05, 3.63) is 181 Å². The average Bonchev–Trinajstić information content (AvgIpc) is 3.02. The highest BCUT2D eigenvalue weighted by Gasteiger charge is 2.23. The third-order valence-electron chi connectivity index (χ3n) is 14.7. The zero-order valence-corrected chi connectivity index (χ0v) is 51.7. The van der Waals surface area contributed by atoms with Gasteiger partial charge in [-0.05, 0) is 108 Å². The van der Waals surface area contributed by atoms with Crippen molar-refractivity contribution in [2.45, 2.75) is 54.2 Å². The molecule has 1 aliphatic rings. The molecular formula is C60H59Cl4N19O4. The molecule has 12 aromatic rings. The van der Waals surface area contributed by atoms with Gasteiger partial charge in [0.1, 0.15) is 0 Å². The van der Waals surface area contributed by atoms with Gasteiger partial charge >= 0.3 is 0 Å². The van der Waals surface area contributed by atoms with Crippen molar-refractivity contribution in [2.75, 3.05) is 29.5 Å². The first-order valence-corrected chi connectivity index (χ1v) is 28.5. The second-order valence-electron chi connectivity index (χ2n) is 20.4. The summed E-state index contributed by atoms with van der Waals surface area (Å²) in [6.07, 6.45) is 11.1. The number of carbonyl (C=O) groups is 2. The number of nitrogens with zero attached hydrogens (tertiary/aromatic N) is 16. The van der Waals surface area contributed by atoms with E-state index in [9.17, 15) is 14.7 Å². The molecule has 1 saturated heterocycles. The number of rotatable bonds is 11. The van der Waals surface area contributed by atoms with Gasteiger partial charge in [0.2, 0.25) is 17.2 Å². The highest BCUT2D eigenvalue weighted by Crippen LogP contribution is 2.34. The van der Waals surface area contributed by atoms with Crippen LogP contribution in [0.4, 0.5) is 29.0 Å². The van der Waals surface area contributed by atoms with Crippen molar-refractivity contribution < 1.29 is 19.5 Å². The number of nitrogens with one attached hydrogen (secondary N) is 2. The molecule has 0 radical (unpaired) electrons. The summed E-state index contributed by atoms with van der Waals surface area (Å²) >= 11 is 24.7. The van der Waals surface area contributed by atoms with E-state index < -0.39 is 6.10 Å². The minimum absolute atomic E-state index is 0.147. The highest BCUT2D eigenvalue weighted by atomic mass is 35.5. The molecule has 9 aromatic heterocycles. The Morgan fingerprint density at radius 2 is 1.00 bits per heavy atom. The number of hydrogen-bond donors (Lipinski definition) is 4. The summed E-state index contributed by atoms with van der Waals surface area (Å²) in [5, 5.41) is 36.3. The number of aromatic nitrogens is 15. The van der Waals surface area contributed by atoms with Crippen LogP contribution in [0.5, 0.6) is 0 Å². The number of aldehydes is 2. The third kappa shape index (κ3) is 13.2. The number of nitrogens with two attached hydrogens (primary N) is 1. The summed E-state index contributed by atoms with van der Waals surface area (Å²) in [5.41, 5.74) is 18.7. The van der Waals surface area contributed by atoms with E-state index in [4.69, 9.17) is 57.0 Å². The quantitative estimate of drug-likeness (QED) is 0.0533. The van der Waals surface area contributed by atoms with E-state index in [1.54, 1.807) is 71.3 Å². The summed E-state index contributed by atoms with van der Waals surface area (Å²) in [4.78, 5) is 52.6. The van der Waals surface area contributed by atoms with Crippen molar-refractivity contribution in [3.63, 3.8) is 0 Å². The minimum atomic E-state index is -0.449. The number of fused-ring (bicyclic) bond motifs is 3. The number of aliphatic hydroxyl groups excluding tert-OH is 1.